The van der Waals surface area contributed by atoms with Gasteiger partial charge in [-0.25, -0.2) is 4.79 Å². The Morgan fingerprint density at radius 1 is 1.08 bits per heavy atom. The quantitative estimate of drug-likeness (QED) is 0.515. The molecule has 1 aromatic heterocycles. The maximum absolute atomic E-state index is 13.1. The van der Waals surface area contributed by atoms with Gasteiger partial charge in [0, 0.05) is 51.1 Å². The third-order valence-electron chi connectivity index (χ3n) is 6.72. The second kappa shape index (κ2) is 9.67. The van der Waals surface area contributed by atoms with Crippen molar-refractivity contribution in [1.82, 2.24) is 30.1 Å². The summed E-state index contributed by atoms with van der Waals surface area (Å²) in [7, 11) is 0. The Balaban J connectivity index is 1.15. The van der Waals surface area contributed by atoms with Crippen molar-refractivity contribution in [1.29, 1.82) is 0 Å². The van der Waals surface area contributed by atoms with Crippen LogP contribution in [-0.2, 0) is 17.8 Å². The van der Waals surface area contributed by atoms with Crippen LogP contribution < -0.4 is 4.74 Å². The summed E-state index contributed by atoms with van der Waals surface area (Å²) in [6.45, 7) is 3.26. The van der Waals surface area contributed by atoms with Crippen molar-refractivity contribution in [2.45, 2.75) is 25.7 Å². The summed E-state index contributed by atoms with van der Waals surface area (Å²) in [5.74, 6) is -0.274. The number of aromatic amines is 1. The highest BCUT2D eigenvalue weighted by molar-refractivity contribution is 5.92. The molecule has 190 valence electrons. The zero-order valence-corrected chi connectivity index (χ0v) is 19.4. The van der Waals surface area contributed by atoms with E-state index in [-0.39, 0.29) is 23.6 Å². The van der Waals surface area contributed by atoms with E-state index < -0.39 is 6.36 Å². The molecule has 3 aliphatic heterocycles. The first-order valence-electron chi connectivity index (χ1n) is 11.7. The molecule has 1 fully saturated rings. The molecular formula is C24H25F3N6O3. The third-order valence-corrected chi connectivity index (χ3v) is 6.72. The van der Waals surface area contributed by atoms with Gasteiger partial charge < -0.3 is 19.4 Å². The van der Waals surface area contributed by atoms with E-state index in [0.29, 0.717) is 51.3 Å². The SMILES string of the molecule is O=C(/C=C/c1ccc(OC(F)(F)F)cc1)N1CC=C2CN(C(=O)N3CCc4[nH]nnc4C3)C[C@H]2CC1. The summed E-state index contributed by atoms with van der Waals surface area (Å²) in [5.41, 5.74) is 3.56. The fourth-order valence-electron chi connectivity index (χ4n) is 4.80. The predicted molar refractivity (Wildman–Crippen MR) is 122 cm³/mol. The molecule has 0 aliphatic carbocycles. The molecule has 1 saturated heterocycles. The number of hydrogen-bond donors (Lipinski definition) is 1. The lowest BCUT2D eigenvalue weighted by Crippen LogP contribution is -2.44. The van der Waals surface area contributed by atoms with Gasteiger partial charge in [0.25, 0.3) is 0 Å². The minimum atomic E-state index is -4.74. The Labute approximate surface area is 205 Å². The van der Waals surface area contributed by atoms with Gasteiger partial charge in [0.1, 0.15) is 11.4 Å². The molecule has 0 spiro atoms. The Kier molecular flexibility index (Phi) is 6.42. The molecule has 4 heterocycles. The summed E-state index contributed by atoms with van der Waals surface area (Å²) < 4.78 is 40.7. The number of carbonyl (C=O) groups is 2. The highest BCUT2D eigenvalue weighted by Crippen LogP contribution is 2.30. The van der Waals surface area contributed by atoms with Crippen LogP contribution in [0.1, 0.15) is 23.4 Å². The summed E-state index contributed by atoms with van der Waals surface area (Å²) in [4.78, 5) is 31.2. The number of fused-ring (bicyclic) bond motifs is 2. The van der Waals surface area contributed by atoms with Gasteiger partial charge in [-0.05, 0) is 35.8 Å². The third kappa shape index (κ3) is 5.37. The van der Waals surface area contributed by atoms with Gasteiger partial charge in [0.2, 0.25) is 5.91 Å². The molecule has 0 bridgehead atoms. The zero-order chi connectivity index (χ0) is 25.3. The van der Waals surface area contributed by atoms with Crippen LogP contribution in [0.25, 0.3) is 6.08 Å². The topological polar surface area (TPSA) is 94.7 Å². The van der Waals surface area contributed by atoms with Crippen LogP contribution in [0, 0.1) is 5.92 Å². The first-order valence-corrected chi connectivity index (χ1v) is 11.7. The first kappa shape index (κ1) is 23.9. The second-order valence-electron chi connectivity index (χ2n) is 9.07. The van der Waals surface area contributed by atoms with E-state index in [2.05, 4.69) is 20.1 Å². The van der Waals surface area contributed by atoms with Gasteiger partial charge in [-0.15, -0.1) is 18.3 Å². The largest absolute Gasteiger partial charge is 0.573 e. The lowest BCUT2D eigenvalue weighted by Gasteiger charge is -2.30. The van der Waals surface area contributed by atoms with Crippen molar-refractivity contribution in [3.05, 3.63) is 58.9 Å². The van der Waals surface area contributed by atoms with Crippen LogP contribution in [0.15, 0.2) is 42.0 Å². The number of carbonyl (C=O) groups excluding carboxylic acids is 2. The van der Waals surface area contributed by atoms with Gasteiger partial charge in [-0.1, -0.05) is 23.4 Å². The van der Waals surface area contributed by atoms with Gasteiger partial charge >= 0.3 is 12.4 Å². The average Bonchev–Trinajstić information content (AvgIpc) is 3.44. The Morgan fingerprint density at radius 2 is 1.89 bits per heavy atom. The highest BCUT2D eigenvalue weighted by atomic mass is 19.4. The summed E-state index contributed by atoms with van der Waals surface area (Å²) in [6, 6.07) is 5.32. The number of hydrogen-bond acceptors (Lipinski definition) is 5. The number of ether oxygens (including phenoxy) is 1. The van der Waals surface area contributed by atoms with Crippen molar-refractivity contribution in [2.24, 2.45) is 5.92 Å². The first-order chi connectivity index (χ1) is 17.2. The van der Waals surface area contributed by atoms with Crippen molar-refractivity contribution in [2.75, 3.05) is 32.7 Å². The lowest BCUT2D eigenvalue weighted by molar-refractivity contribution is -0.274. The number of rotatable bonds is 3. The fourth-order valence-corrected chi connectivity index (χ4v) is 4.80. The van der Waals surface area contributed by atoms with Crippen molar-refractivity contribution in [3.63, 3.8) is 0 Å². The van der Waals surface area contributed by atoms with Crippen molar-refractivity contribution < 1.29 is 27.5 Å². The number of nitrogens with zero attached hydrogens (tertiary/aromatic N) is 5. The minimum Gasteiger partial charge on any atom is -0.406 e. The van der Waals surface area contributed by atoms with E-state index in [4.69, 9.17) is 0 Å². The molecule has 12 heteroatoms. The molecule has 1 N–H and O–H groups in total. The fraction of sp³-hybridized carbons (Fsp3) is 0.417. The number of halogens is 3. The highest BCUT2D eigenvalue weighted by Gasteiger charge is 2.35. The molecule has 0 radical (unpaired) electrons. The molecule has 2 aromatic rings. The summed E-state index contributed by atoms with van der Waals surface area (Å²) in [6.07, 6.45) is 1.75. The number of nitrogens with one attached hydrogen (secondary N) is 1. The van der Waals surface area contributed by atoms with Crippen LogP contribution in [0.3, 0.4) is 0 Å². The Bertz CT molecular complexity index is 1190. The molecule has 3 aliphatic rings. The van der Waals surface area contributed by atoms with Crippen LogP contribution in [-0.4, -0.2) is 81.1 Å². The molecular weight excluding hydrogens is 477 g/mol. The lowest BCUT2D eigenvalue weighted by atomic mass is 10.00. The van der Waals surface area contributed by atoms with Crippen LogP contribution in [0.4, 0.5) is 18.0 Å². The maximum Gasteiger partial charge on any atom is 0.573 e. The molecule has 36 heavy (non-hydrogen) atoms. The summed E-state index contributed by atoms with van der Waals surface area (Å²) >= 11 is 0. The normalized spacial score (nSPS) is 20.1. The molecule has 0 saturated carbocycles. The minimum absolute atomic E-state index is 0.000131. The van der Waals surface area contributed by atoms with Crippen molar-refractivity contribution in [3.8, 4) is 5.75 Å². The number of benzene rings is 1. The standard InChI is InChI=1S/C24H25F3N6O3/c25-24(26,27)36-19-4-1-16(2-5-19)3-6-22(34)31-10-7-17-13-33(14-18(17)8-11-31)23(35)32-12-9-20-21(15-32)29-30-28-20/h1-7,18H,8-15H2,(H,28,29,30)/b6-3+/t18-/m1/s1. The van der Waals surface area contributed by atoms with Gasteiger partial charge in [-0.3, -0.25) is 9.89 Å². The molecule has 9 nitrogen and oxygen atoms in total. The Morgan fingerprint density at radius 3 is 2.67 bits per heavy atom. The van der Waals surface area contributed by atoms with E-state index >= 15 is 0 Å². The van der Waals surface area contributed by atoms with E-state index in [1.807, 2.05) is 11.0 Å². The van der Waals surface area contributed by atoms with E-state index in [1.54, 1.807) is 15.9 Å². The number of amides is 3. The number of urea groups is 1. The van der Waals surface area contributed by atoms with E-state index in [0.717, 1.165) is 17.8 Å². The number of aromatic nitrogens is 3. The Hall–Kier alpha value is -3.83. The molecule has 3 amide bonds. The monoisotopic (exact) mass is 502 g/mol. The van der Waals surface area contributed by atoms with Crippen molar-refractivity contribution >= 4 is 18.0 Å². The maximum atomic E-state index is 13.1. The van der Waals surface area contributed by atoms with Gasteiger partial charge in [0.15, 0.2) is 0 Å². The van der Waals surface area contributed by atoms with Gasteiger partial charge in [0.05, 0.1) is 12.2 Å². The van der Waals surface area contributed by atoms with Gasteiger partial charge in [-0.2, -0.15) is 0 Å². The van der Waals surface area contributed by atoms with E-state index in [1.165, 1.54) is 35.9 Å². The predicted octanol–water partition coefficient (Wildman–Crippen LogP) is 2.99. The number of H-pyrrole nitrogens is 1. The zero-order valence-electron chi connectivity index (χ0n) is 19.4. The van der Waals surface area contributed by atoms with Crippen LogP contribution in [0.2, 0.25) is 0 Å². The number of alkyl halides is 3. The molecule has 1 atom stereocenters. The van der Waals surface area contributed by atoms with E-state index in [9.17, 15) is 22.8 Å². The molecule has 5 rings (SSSR count). The molecule has 1 aromatic carbocycles. The van der Waals surface area contributed by atoms with Crippen LogP contribution >= 0.6 is 0 Å². The number of likely N-dealkylation sites (tertiary alicyclic amines) is 1. The second-order valence-corrected chi connectivity index (χ2v) is 9.07. The molecule has 0 unspecified atom stereocenters. The average molecular weight is 502 g/mol. The smallest absolute Gasteiger partial charge is 0.406 e. The summed E-state index contributed by atoms with van der Waals surface area (Å²) in [5, 5.41) is 10.7. The van der Waals surface area contributed by atoms with Crippen LogP contribution in [0.5, 0.6) is 5.75 Å².